The van der Waals surface area contributed by atoms with Gasteiger partial charge in [0, 0.05) is 54.6 Å². The lowest BCUT2D eigenvalue weighted by Crippen LogP contribution is -2.34. The van der Waals surface area contributed by atoms with Crippen LogP contribution in [0, 0.1) is 18.8 Å². The lowest BCUT2D eigenvalue weighted by Gasteiger charge is -2.19. The van der Waals surface area contributed by atoms with E-state index in [9.17, 15) is 14.7 Å². The number of carboxylic acid groups (broad SMARTS) is 1. The zero-order valence-corrected chi connectivity index (χ0v) is 18.6. The van der Waals surface area contributed by atoms with Gasteiger partial charge in [0.05, 0.1) is 15.7 Å². The molecule has 1 amide bonds. The van der Waals surface area contributed by atoms with Gasteiger partial charge in [-0.25, -0.2) is 9.78 Å². The molecule has 0 unspecified atom stereocenters. The molecule has 160 valence electrons. The number of amides is 1. The molecule has 3 aromatic rings. The minimum absolute atomic E-state index is 0.0545. The first-order chi connectivity index (χ1) is 14.8. The molecule has 3 aromatic heterocycles. The van der Waals surface area contributed by atoms with E-state index in [1.807, 2.05) is 0 Å². The Morgan fingerprint density at radius 2 is 2.03 bits per heavy atom. The van der Waals surface area contributed by atoms with Gasteiger partial charge in [-0.3, -0.25) is 9.78 Å². The zero-order chi connectivity index (χ0) is 21.9. The molecule has 1 aliphatic carbocycles. The average Bonchev–Trinajstić information content (AvgIpc) is 3.16. The summed E-state index contributed by atoms with van der Waals surface area (Å²) in [6.07, 6.45) is 3.24. The van der Waals surface area contributed by atoms with E-state index in [0.717, 1.165) is 11.3 Å². The number of aromatic nitrogens is 3. The van der Waals surface area contributed by atoms with Gasteiger partial charge in [0.2, 0.25) is 0 Å². The molecule has 2 fully saturated rings. The summed E-state index contributed by atoms with van der Waals surface area (Å²) in [5, 5.41) is 13.9. The first kappa shape index (κ1) is 20.3. The molecule has 0 radical (unpaired) electrons. The quantitative estimate of drug-likeness (QED) is 0.516. The number of aromatic carboxylic acids is 1. The van der Waals surface area contributed by atoms with Crippen LogP contribution in [0.2, 0.25) is 10.0 Å². The van der Waals surface area contributed by atoms with Gasteiger partial charge >= 0.3 is 5.97 Å². The van der Waals surface area contributed by atoms with Crippen LogP contribution in [0.5, 0.6) is 0 Å². The molecule has 0 bridgehead atoms. The van der Waals surface area contributed by atoms with Gasteiger partial charge in [0.1, 0.15) is 10.6 Å². The summed E-state index contributed by atoms with van der Waals surface area (Å²) in [6.45, 7) is 3.16. The number of hydrogen-bond acceptors (Lipinski definition) is 6. The second-order valence-electron chi connectivity index (χ2n) is 7.71. The van der Waals surface area contributed by atoms with E-state index >= 15 is 0 Å². The molecule has 1 saturated carbocycles. The van der Waals surface area contributed by atoms with Crippen LogP contribution in [0.15, 0.2) is 24.5 Å². The summed E-state index contributed by atoms with van der Waals surface area (Å²) in [5.41, 5.74) is 2.04. The minimum atomic E-state index is -1.01. The number of thiazole rings is 1. The van der Waals surface area contributed by atoms with E-state index in [2.05, 4.69) is 25.2 Å². The number of carbonyl (C=O) groups excluding carboxylic acids is 1. The Kier molecular flexibility index (Phi) is 4.91. The summed E-state index contributed by atoms with van der Waals surface area (Å²) in [5.74, 6) is -0.706. The number of nitrogens with zero attached hydrogens (tertiary/aromatic N) is 3. The molecule has 3 atom stereocenters. The Bertz CT molecular complexity index is 1180. The summed E-state index contributed by atoms with van der Waals surface area (Å²) in [7, 11) is 0. The average molecular weight is 478 g/mol. The Hall–Kier alpha value is -2.62. The maximum absolute atomic E-state index is 12.6. The molecule has 2 aliphatic rings. The molecular weight excluding hydrogens is 461 g/mol. The fraction of sp³-hybridized carbons (Fsp3) is 0.300. The molecule has 1 saturated heterocycles. The van der Waals surface area contributed by atoms with Crippen LogP contribution in [0.4, 0.5) is 5.13 Å². The molecule has 0 spiro atoms. The number of nitrogens with one attached hydrogen (secondary N) is 2. The Labute approximate surface area is 191 Å². The van der Waals surface area contributed by atoms with Crippen LogP contribution in [0.3, 0.4) is 0 Å². The van der Waals surface area contributed by atoms with Crippen molar-refractivity contribution in [1.82, 2.24) is 20.3 Å². The number of hydrogen-bond donors (Lipinski definition) is 3. The molecule has 8 nitrogen and oxygen atoms in total. The smallest absolute Gasteiger partial charge is 0.348 e. The van der Waals surface area contributed by atoms with Crippen LogP contribution < -0.4 is 10.2 Å². The molecule has 3 N–H and O–H groups in total. The van der Waals surface area contributed by atoms with E-state index in [4.69, 9.17) is 23.2 Å². The third-order valence-electron chi connectivity index (χ3n) is 5.79. The first-order valence-electron chi connectivity index (χ1n) is 9.59. The first-order valence-corrected chi connectivity index (χ1v) is 11.2. The number of aromatic amines is 1. The lowest BCUT2D eigenvalue weighted by molar-refractivity contribution is 0.0702. The van der Waals surface area contributed by atoms with Gasteiger partial charge in [-0.15, -0.1) is 0 Å². The predicted molar refractivity (Wildman–Crippen MR) is 118 cm³/mol. The summed E-state index contributed by atoms with van der Waals surface area (Å²) >= 11 is 13.4. The topological polar surface area (TPSA) is 111 Å². The molecule has 11 heteroatoms. The van der Waals surface area contributed by atoms with E-state index in [0.29, 0.717) is 40.2 Å². The van der Waals surface area contributed by atoms with E-state index in [-0.39, 0.29) is 39.4 Å². The van der Waals surface area contributed by atoms with Gasteiger partial charge in [-0.1, -0.05) is 34.5 Å². The number of anilines is 1. The molecule has 1 aliphatic heterocycles. The maximum atomic E-state index is 12.6. The molecular formula is C20H17Cl2N5O3S. The Morgan fingerprint density at radius 1 is 1.29 bits per heavy atom. The number of piperidine rings is 1. The highest BCUT2D eigenvalue weighted by molar-refractivity contribution is 7.17. The van der Waals surface area contributed by atoms with Crippen LogP contribution in [0.25, 0.3) is 11.3 Å². The standard InChI is InChI=1S/C20H17Cl2N5O3S/c1-8-12(21)13(22)16(24-8)18(28)25-15-10-6-27(7-11(10)15)20-26-14(17(31-20)19(29)30)9-3-2-4-23-5-9/h2-5,10-11,15,24H,6-7H2,1H3,(H,25,28)(H,29,30)/t10-,11+,15+. The highest BCUT2D eigenvalue weighted by Gasteiger charge is 2.57. The predicted octanol–water partition coefficient (Wildman–Crippen LogP) is 3.71. The maximum Gasteiger partial charge on any atom is 0.348 e. The third kappa shape index (κ3) is 3.46. The van der Waals surface area contributed by atoms with Gasteiger partial charge in [-0.2, -0.15) is 0 Å². The number of aryl methyl sites for hydroxylation is 1. The molecule has 31 heavy (non-hydrogen) atoms. The van der Waals surface area contributed by atoms with E-state index < -0.39 is 5.97 Å². The van der Waals surface area contributed by atoms with Gasteiger partial charge in [0.25, 0.3) is 5.91 Å². The van der Waals surface area contributed by atoms with E-state index in [1.165, 1.54) is 0 Å². The minimum Gasteiger partial charge on any atom is -0.477 e. The van der Waals surface area contributed by atoms with Gasteiger partial charge in [-0.05, 0) is 19.1 Å². The number of carboxylic acids is 1. The van der Waals surface area contributed by atoms with E-state index in [1.54, 1.807) is 31.5 Å². The van der Waals surface area contributed by atoms with Crippen molar-refractivity contribution in [2.75, 3.05) is 18.0 Å². The fourth-order valence-electron chi connectivity index (χ4n) is 4.14. The molecule has 5 rings (SSSR count). The summed E-state index contributed by atoms with van der Waals surface area (Å²) < 4.78 is 0. The summed E-state index contributed by atoms with van der Waals surface area (Å²) in [4.78, 5) is 38.1. The normalized spacial score (nSPS) is 21.8. The molecule has 4 heterocycles. The number of H-pyrrole nitrogens is 1. The van der Waals surface area contributed by atoms with Crippen LogP contribution in [0.1, 0.15) is 25.9 Å². The van der Waals surface area contributed by atoms with Crippen molar-refractivity contribution < 1.29 is 14.7 Å². The van der Waals surface area contributed by atoms with Crippen LogP contribution in [-0.2, 0) is 0 Å². The van der Waals surface area contributed by atoms with Crippen LogP contribution >= 0.6 is 34.5 Å². The summed E-state index contributed by atoms with van der Waals surface area (Å²) in [6, 6.07) is 3.60. The van der Waals surface area contributed by atoms with Crippen molar-refractivity contribution in [3.05, 3.63) is 50.8 Å². The van der Waals surface area contributed by atoms with Crippen molar-refractivity contribution >= 4 is 51.5 Å². The lowest BCUT2D eigenvalue weighted by atomic mass is 10.2. The number of pyridine rings is 1. The Morgan fingerprint density at radius 3 is 2.61 bits per heavy atom. The largest absolute Gasteiger partial charge is 0.477 e. The monoisotopic (exact) mass is 477 g/mol. The number of carbonyl (C=O) groups is 2. The highest BCUT2D eigenvalue weighted by Crippen LogP contribution is 2.48. The third-order valence-corrected chi connectivity index (χ3v) is 7.84. The van der Waals surface area contributed by atoms with Crippen molar-refractivity contribution in [2.24, 2.45) is 11.8 Å². The van der Waals surface area contributed by atoms with Crippen molar-refractivity contribution in [3.8, 4) is 11.3 Å². The number of halogens is 2. The number of rotatable bonds is 5. The van der Waals surface area contributed by atoms with Crippen molar-refractivity contribution in [2.45, 2.75) is 13.0 Å². The van der Waals surface area contributed by atoms with Crippen molar-refractivity contribution in [1.29, 1.82) is 0 Å². The fourth-order valence-corrected chi connectivity index (χ4v) is 5.50. The second kappa shape index (κ2) is 7.51. The zero-order valence-electron chi connectivity index (χ0n) is 16.2. The van der Waals surface area contributed by atoms with Crippen LogP contribution in [-0.4, -0.2) is 51.1 Å². The SMILES string of the molecule is Cc1[nH]c(C(=O)N[C@H]2[C@@H]3CN(c4nc(-c5cccnc5)c(C(=O)O)s4)C[C@@H]32)c(Cl)c1Cl. The van der Waals surface area contributed by atoms with Crippen molar-refractivity contribution in [3.63, 3.8) is 0 Å². The van der Waals surface area contributed by atoms with Gasteiger partial charge in [0.15, 0.2) is 5.13 Å². The van der Waals surface area contributed by atoms with Gasteiger partial charge < -0.3 is 20.3 Å². The Balaban J connectivity index is 1.28. The number of fused-ring (bicyclic) bond motifs is 1. The highest BCUT2D eigenvalue weighted by atomic mass is 35.5. The second-order valence-corrected chi connectivity index (χ2v) is 9.44. The molecule has 0 aromatic carbocycles.